The first-order valence-electron chi connectivity index (χ1n) is 7.90. The van der Waals surface area contributed by atoms with Crippen LogP contribution in [0.1, 0.15) is 5.56 Å². The Kier molecular flexibility index (Phi) is 3.51. The Balaban J connectivity index is 2.22. The molecule has 0 aliphatic carbocycles. The van der Waals surface area contributed by atoms with Crippen molar-refractivity contribution >= 4 is 27.8 Å². The zero-order valence-electron chi connectivity index (χ0n) is 13.3. The van der Waals surface area contributed by atoms with E-state index in [2.05, 4.69) is 5.10 Å². The molecule has 4 nitrogen and oxygen atoms in total. The standard InChI is InChI=1S/C21H16N2O2/c22-23-12-15-11-14-6-2-4-8-17(14)20(21(15)25)19-16-7-3-1-5-13(16)9-10-18(19)24/h1-12,24-25H,22H2/b23-12+. The summed E-state index contributed by atoms with van der Waals surface area (Å²) in [6.45, 7) is 0. The number of fused-ring (bicyclic) bond motifs is 2. The fourth-order valence-corrected chi connectivity index (χ4v) is 3.31. The summed E-state index contributed by atoms with van der Waals surface area (Å²) in [5, 5.41) is 28.7. The minimum Gasteiger partial charge on any atom is -0.507 e. The molecule has 0 aromatic heterocycles. The summed E-state index contributed by atoms with van der Waals surface area (Å²) in [6.07, 6.45) is 1.41. The molecule has 4 N–H and O–H groups in total. The van der Waals surface area contributed by atoms with E-state index >= 15 is 0 Å². The van der Waals surface area contributed by atoms with Crippen LogP contribution in [0.5, 0.6) is 11.5 Å². The number of nitrogens with zero attached hydrogens (tertiary/aromatic N) is 1. The van der Waals surface area contributed by atoms with Gasteiger partial charge in [0.05, 0.1) is 6.21 Å². The van der Waals surface area contributed by atoms with Gasteiger partial charge in [0.1, 0.15) is 11.5 Å². The van der Waals surface area contributed by atoms with Crippen LogP contribution in [-0.2, 0) is 0 Å². The molecule has 0 fully saturated rings. The van der Waals surface area contributed by atoms with Gasteiger partial charge in [0, 0.05) is 16.7 Å². The summed E-state index contributed by atoms with van der Waals surface area (Å²) in [5.74, 6) is 5.44. The van der Waals surface area contributed by atoms with Crippen molar-refractivity contribution in [1.82, 2.24) is 0 Å². The van der Waals surface area contributed by atoms with Crippen LogP contribution in [0.25, 0.3) is 32.7 Å². The molecule has 0 unspecified atom stereocenters. The Labute approximate surface area is 144 Å². The fourth-order valence-electron chi connectivity index (χ4n) is 3.31. The lowest BCUT2D eigenvalue weighted by molar-refractivity contribution is 0.470. The molecule has 0 atom stereocenters. The number of phenolic OH excluding ortho intramolecular Hbond substituents is 2. The van der Waals surface area contributed by atoms with E-state index < -0.39 is 0 Å². The lowest BCUT2D eigenvalue weighted by Crippen LogP contribution is -1.93. The lowest BCUT2D eigenvalue weighted by Gasteiger charge is -2.15. The molecule has 4 heteroatoms. The average Bonchev–Trinajstić information content (AvgIpc) is 2.64. The number of phenols is 2. The van der Waals surface area contributed by atoms with Crippen LogP contribution in [0.3, 0.4) is 0 Å². The Bertz CT molecular complexity index is 1130. The van der Waals surface area contributed by atoms with Crippen molar-refractivity contribution in [1.29, 1.82) is 0 Å². The summed E-state index contributed by atoms with van der Waals surface area (Å²) >= 11 is 0. The monoisotopic (exact) mass is 328 g/mol. The maximum absolute atomic E-state index is 10.9. The molecule has 4 rings (SSSR count). The molecule has 0 saturated carbocycles. The Morgan fingerprint density at radius 2 is 1.40 bits per heavy atom. The molecule has 122 valence electrons. The average molecular weight is 328 g/mol. The summed E-state index contributed by atoms with van der Waals surface area (Å²) in [4.78, 5) is 0. The third-order valence-corrected chi connectivity index (χ3v) is 4.42. The lowest BCUT2D eigenvalue weighted by atomic mass is 9.90. The van der Waals surface area contributed by atoms with E-state index in [-0.39, 0.29) is 11.5 Å². The van der Waals surface area contributed by atoms with E-state index in [0.29, 0.717) is 16.7 Å². The van der Waals surface area contributed by atoms with Gasteiger partial charge >= 0.3 is 0 Å². The quantitative estimate of drug-likeness (QED) is 0.290. The Morgan fingerprint density at radius 1 is 0.760 bits per heavy atom. The van der Waals surface area contributed by atoms with Crippen LogP contribution in [0.2, 0.25) is 0 Å². The Morgan fingerprint density at radius 3 is 2.12 bits per heavy atom. The van der Waals surface area contributed by atoms with Crippen molar-refractivity contribution < 1.29 is 10.2 Å². The van der Waals surface area contributed by atoms with Gasteiger partial charge in [-0.15, -0.1) is 0 Å². The van der Waals surface area contributed by atoms with Gasteiger partial charge in [-0.3, -0.25) is 0 Å². The minimum atomic E-state index is 0.0413. The van der Waals surface area contributed by atoms with Crippen LogP contribution in [0, 0.1) is 0 Å². The number of aromatic hydroxyl groups is 2. The van der Waals surface area contributed by atoms with E-state index in [4.69, 9.17) is 5.84 Å². The third-order valence-electron chi connectivity index (χ3n) is 4.42. The molecule has 0 bridgehead atoms. The summed E-state index contributed by atoms with van der Waals surface area (Å²) < 4.78 is 0. The molecule has 0 saturated heterocycles. The molecule has 4 aromatic rings. The van der Waals surface area contributed by atoms with Crippen LogP contribution < -0.4 is 5.84 Å². The molecule has 4 aromatic carbocycles. The van der Waals surface area contributed by atoms with Gasteiger partial charge in [-0.1, -0.05) is 54.6 Å². The van der Waals surface area contributed by atoms with Gasteiger partial charge in [-0.25, -0.2) is 0 Å². The number of hydrogen-bond donors (Lipinski definition) is 3. The van der Waals surface area contributed by atoms with Crippen LogP contribution in [-0.4, -0.2) is 16.4 Å². The van der Waals surface area contributed by atoms with Crippen molar-refractivity contribution in [3.63, 3.8) is 0 Å². The molecular formula is C21H16N2O2. The molecule has 0 amide bonds. The Hall–Kier alpha value is -3.53. The smallest absolute Gasteiger partial charge is 0.133 e. The topological polar surface area (TPSA) is 78.8 Å². The normalized spacial score (nSPS) is 11.5. The first-order valence-corrected chi connectivity index (χ1v) is 7.90. The number of nitrogens with two attached hydrogens (primary N) is 1. The van der Waals surface area contributed by atoms with Gasteiger partial charge < -0.3 is 16.1 Å². The largest absolute Gasteiger partial charge is 0.507 e. The second-order valence-corrected chi connectivity index (χ2v) is 5.87. The highest BCUT2D eigenvalue weighted by Gasteiger charge is 2.18. The molecule has 0 spiro atoms. The van der Waals surface area contributed by atoms with Gasteiger partial charge in [0.2, 0.25) is 0 Å². The van der Waals surface area contributed by atoms with E-state index in [0.717, 1.165) is 21.5 Å². The summed E-state index contributed by atoms with van der Waals surface area (Å²) in [6, 6.07) is 20.8. The number of hydrazone groups is 1. The number of hydrogen-bond acceptors (Lipinski definition) is 4. The number of benzene rings is 4. The highest BCUT2D eigenvalue weighted by atomic mass is 16.3. The van der Waals surface area contributed by atoms with Gasteiger partial charge in [0.25, 0.3) is 0 Å². The summed E-state index contributed by atoms with van der Waals surface area (Å²) in [5.41, 5.74) is 1.67. The van der Waals surface area contributed by atoms with Crippen LogP contribution in [0.4, 0.5) is 0 Å². The van der Waals surface area contributed by atoms with Crippen LogP contribution in [0.15, 0.2) is 71.8 Å². The first kappa shape index (κ1) is 15.0. The van der Waals surface area contributed by atoms with E-state index in [9.17, 15) is 10.2 Å². The van der Waals surface area contributed by atoms with Gasteiger partial charge in [-0.2, -0.15) is 5.10 Å². The van der Waals surface area contributed by atoms with Crippen molar-refractivity contribution in [2.24, 2.45) is 10.9 Å². The maximum atomic E-state index is 10.9. The predicted molar refractivity (Wildman–Crippen MR) is 102 cm³/mol. The molecule has 0 aliphatic heterocycles. The van der Waals surface area contributed by atoms with Crippen molar-refractivity contribution in [2.45, 2.75) is 0 Å². The predicted octanol–water partition coefficient (Wildman–Crippen LogP) is 4.36. The summed E-state index contributed by atoms with van der Waals surface area (Å²) in [7, 11) is 0. The minimum absolute atomic E-state index is 0.0413. The first-order chi connectivity index (χ1) is 12.2. The van der Waals surface area contributed by atoms with Crippen molar-refractivity contribution in [3.05, 3.63) is 72.3 Å². The van der Waals surface area contributed by atoms with Crippen molar-refractivity contribution in [3.8, 4) is 22.6 Å². The molecule has 0 radical (unpaired) electrons. The fraction of sp³-hybridized carbons (Fsp3) is 0. The van der Waals surface area contributed by atoms with Gasteiger partial charge in [0.15, 0.2) is 0 Å². The number of rotatable bonds is 2. The highest BCUT2D eigenvalue weighted by Crippen LogP contribution is 2.45. The molecule has 0 heterocycles. The third kappa shape index (κ3) is 2.35. The molecule has 25 heavy (non-hydrogen) atoms. The molecular weight excluding hydrogens is 312 g/mol. The van der Waals surface area contributed by atoms with E-state index in [1.807, 2.05) is 60.7 Å². The van der Waals surface area contributed by atoms with E-state index in [1.165, 1.54) is 6.21 Å². The zero-order chi connectivity index (χ0) is 17.4. The maximum Gasteiger partial charge on any atom is 0.133 e. The highest BCUT2D eigenvalue weighted by molar-refractivity contribution is 6.12. The SMILES string of the molecule is N/N=C/c1cc2ccccc2c(-c2c(O)ccc3ccccc23)c1O. The van der Waals surface area contributed by atoms with E-state index in [1.54, 1.807) is 6.07 Å². The van der Waals surface area contributed by atoms with Gasteiger partial charge in [-0.05, 0) is 33.7 Å². The van der Waals surface area contributed by atoms with Crippen LogP contribution >= 0.6 is 0 Å². The second kappa shape index (κ2) is 5.83. The second-order valence-electron chi connectivity index (χ2n) is 5.87. The molecule has 0 aliphatic rings. The van der Waals surface area contributed by atoms with Crippen molar-refractivity contribution in [2.75, 3.05) is 0 Å². The zero-order valence-corrected chi connectivity index (χ0v) is 13.3.